The highest BCUT2D eigenvalue weighted by molar-refractivity contribution is 6.09. The van der Waals surface area contributed by atoms with Gasteiger partial charge in [-0.2, -0.15) is 5.10 Å². The quantitative estimate of drug-likeness (QED) is 0.223. The Morgan fingerprint density at radius 3 is 1.62 bits per heavy atom. The van der Waals surface area contributed by atoms with Gasteiger partial charge < -0.3 is 13.4 Å². The number of rotatable bonds is 4. The minimum Gasteiger partial charge on any atom is -0.456 e. The van der Waals surface area contributed by atoms with Gasteiger partial charge in [0.25, 0.3) is 0 Å². The number of fused-ring (bicyclic) bond motifs is 6. The van der Waals surface area contributed by atoms with E-state index in [1.54, 1.807) is 6.20 Å². The second-order valence-electron chi connectivity index (χ2n) is 10.6. The Labute approximate surface area is 240 Å². The van der Waals surface area contributed by atoms with E-state index in [1.165, 1.54) is 11.1 Å². The van der Waals surface area contributed by atoms with Gasteiger partial charge in [-0.25, -0.2) is 4.68 Å². The summed E-state index contributed by atoms with van der Waals surface area (Å²) in [5, 5.41) is 8.81. The lowest BCUT2D eigenvalue weighted by atomic mass is 9.99. The van der Waals surface area contributed by atoms with Crippen LogP contribution in [-0.2, 0) is 0 Å². The van der Waals surface area contributed by atoms with Crippen LogP contribution in [0.3, 0.4) is 0 Å². The molecule has 9 aromatic rings. The van der Waals surface area contributed by atoms with E-state index in [9.17, 15) is 0 Å². The molecule has 0 aliphatic rings. The van der Waals surface area contributed by atoms with Crippen molar-refractivity contribution < 1.29 is 8.83 Å². The molecule has 9 rings (SSSR count). The zero-order chi connectivity index (χ0) is 27.6. The van der Waals surface area contributed by atoms with Gasteiger partial charge >= 0.3 is 0 Å². The molecule has 5 heteroatoms. The van der Waals surface area contributed by atoms with Crippen molar-refractivity contribution in [1.82, 2.24) is 14.3 Å². The number of nitrogens with zero attached hydrogens (tertiary/aromatic N) is 3. The molecular weight excluding hydrogens is 518 g/mol. The van der Waals surface area contributed by atoms with Crippen molar-refractivity contribution in [3.8, 4) is 33.8 Å². The third-order valence-corrected chi connectivity index (χ3v) is 8.11. The molecule has 4 heterocycles. The van der Waals surface area contributed by atoms with Crippen LogP contribution < -0.4 is 0 Å². The van der Waals surface area contributed by atoms with Crippen molar-refractivity contribution in [1.29, 1.82) is 0 Å². The number of hydrogen-bond donors (Lipinski definition) is 0. The second kappa shape index (κ2) is 8.85. The van der Waals surface area contributed by atoms with Gasteiger partial charge in [0.15, 0.2) is 0 Å². The summed E-state index contributed by atoms with van der Waals surface area (Å²) >= 11 is 0. The van der Waals surface area contributed by atoms with Gasteiger partial charge in [-0.05, 0) is 95.1 Å². The average Bonchev–Trinajstić information content (AvgIpc) is 3.85. The first-order valence-corrected chi connectivity index (χ1v) is 13.9. The van der Waals surface area contributed by atoms with E-state index < -0.39 is 0 Å². The molecule has 0 aliphatic heterocycles. The highest BCUT2D eigenvalue weighted by Gasteiger charge is 2.14. The van der Waals surface area contributed by atoms with Gasteiger partial charge in [-0.15, -0.1) is 0 Å². The second-order valence-corrected chi connectivity index (χ2v) is 10.6. The van der Waals surface area contributed by atoms with E-state index in [0.29, 0.717) is 0 Å². The van der Waals surface area contributed by atoms with Crippen molar-refractivity contribution >= 4 is 43.9 Å². The Morgan fingerprint density at radius 2 is 1.02 bits per heavy atom. The number of benzene rings is 5. The fraction of sp³-hybridized carbons (Fsp3) is 0. The lowest BCUT2D eigenvalue weighted by molar-refractivity contribution is 0.668. The molecule has 198 valence electrons. The predicted molar refractivity (Wildman–Crippen MR) is 168 cm³/mol. The van der Waals surface area contributed by atoms with E-state index >= 15 is 0 Å². The molecule has 0 unspecified atom stereocenters. The highest BCUT2D eigenvalue weighted by Crippen LogP contribution is 2.37. The van der Waals surface area contributed by atoms with Crippen LogP contribution in [0.2, 0.25) is 0 Å². The maximum absolute atomic E-state index is 6.25. The Hall–Kier alpha value is -5.81. The molecule has 0 saturated carbocycles. The van der Waals surface area contributed by atoms with Crippen molar-refractivity contribution in [2.24, 2.45) is 0 Å². The average molecular weight is 542 g/mol. The Kier molecular flexibility index (Phi) is 4.83. The number of hydrogen-bond acceptors (Lipinski definition) is 3. The topological polar surface area (TPSA) is 49.0 Å². The van der Waals surface area contributed by atoms with Crippen molar-refractivity contribution in [2.75, 3.05) is 0 Å². The SMILES string of the molecule is c1ccc(-c2ccc3oc4ccc(-c5ccc6oc7ccc(-n8cccc8-n8cccn8)cc7c6c5)cc4c3c2)cc1. The maximum atomic E-state index is 6.25. The third-order valence-electron chi connectivity index (χ3n) is 8.11. The monoisotopic (exact) mass is 541 g/mol. The molecule has 5 nitrogen and oxygen atoms in total. The molecular formula is C37H23N3O2. The van der Waals surface area contributed by atoms with Crippen LogP contribution in [0.4, 0.5) is 0 Å². The van der Waals surface area contributed by atoms with Crippen LogP contribution in [0.5, 0.6) is 0 Å². The van der Waals surface area contributed by atoms with E-state index in [-0.39, 0.29) is 0 Å². The fourth-order valence-electron chi connectivity index (χ4n) is 6.04. The molecule has 0 aliphatic carbocycles. The third kappa shape index (κ3) is 3.54. The minimum atomic E-state index is 0.864. The molecule has 0 amide bonds. The summed E-state index contributed by atoms with van der Waals surface area (Å²) in [4.78, 5) is 0. The van der Waals surface area contributed by atoms with Gasteiger partial charge in [-0.3, -0.25) is 0 Å². The molecule has 42 heavy (non-hydrogen) atoms. The van der Waals surface area contributed by atoms with E-state index in [1.807, 2.05) is 35.1 Å². The molecule has 0 radical (unpaired) electrons. The minimum absolute atomic E-state index is 0.864. The molecule has 0 atom stereocenters. The first-order chi connectivity index (χ1) is 20.8. The predicted octanol–water partition coefficient (Wildman–Crippen LogP) is 9.80. The van der Waals surface area contributed by atoms with Gasteiger partial charge in [0.2, 0.25) is 0 Å². The maximum Gasteiger partial charge on any atom is 0.138 e. The summed E-state index contributed by atoms with van der Waals surface area (Å²) in [5.41, 5.74) is 9.19. The normalized spacial score (nSPS) is 11.8. The van der Waals surface area contributed by atoms with Gasteiger partial charge in [-0.1, -0.05) is 48.5 Å². The lowest BCUT2D eigenvalue weighted by Gasteiger charge is -2.09. The van der Waals surface area contributed by atoms with Crippen LogP contribution >= 0.6 is 0 Å². The molecule has 0 bridgehead atoms. The van der Waals surface area contributed by atoms with E-state index in [2.05, 4.69) is 113 Å². The smallest absolute Gasteiger partial charge is 0.138 e. The number of aromatic nitrogens is 3. The Bertz CT molecular complexity index is 2410. The molecule has 4 aromatic heterocycles. The van der Waals surface area contributed by atoms with Crippen LogP contribution in [0.15, 0.2) is 149 Å². The first kappa shape index (κ1) is 22.9. The van der Waals surface area contributed by atoms with Crippen LogP contribution in [-0.4, -0.2) is 14.3 Å². The largest absolute Gasteiger partial charge is 0.456 e. The zero-order valence-corrected chi connectivity index (χ0v) is 22.4. The molecule has 0 saturated heterocycles. The number of furan rings is 2. The molecule has 5 aromatic carbocycles. The summed E-state index contributed by atoms with van der Waals surface area (Å²) in [6.45, 7) is 0. The van der Waals surface area contributed by atoms with Crippen molar-refractivity contribution in [3.05, 3.63) is 140 Å². The van der Waals surface area contributed by atoms with Crippen LogP contribution in [0, 0.1) is 0 Å². The highest BCUT2D eigenvalue weighted by atomic mass is 16.3. The zero-order valence-electron chi connectivity index (χ0n) is 22.4. The van der Waals surface area contributed by atoms with E-state index in [4.69, 9.17) is 8.83 Å². The van der Waals surface area contributed by atoms with Crippen molar-refractivity contribution in [2.45, 2.75) is 0 Å². The molecule has 0 spiro atoms. The van der Waals surface area contributed by atoms with Crippen LogP contribution in [0.1, 0.15) is 0 Å². The summed E-state index contributed by atoms with van der Waals surface area (Å²) in [7, 11) is 0. The van der Waals surface area contributed by atoms with Gasteiger partial charge in [0.05, 0.1) is 0 Å². The fourth-order valence-corrected chi connectivity index (χ4v) is 6.04. The molecule has 0 N–H and O–H groups in total. The Morgan fingerprint density at radius 1 is 0.452 bits per heavy atom. The van der Waals surface area contributed by atoms with Gasteiger partial charge in [0, 0.05) is 45.8 Å². The van der Waals surface area contributed by atoms with E-state index in [0.717, 1.165) is 66.5 Å². The van der Waals surface area contributed by atoms with Gasteiger partial charge in [0.1, 0.15) is 28.1 Å². The standard InChI is InChI=1S/C37H23N3O2/c1-2-6-24(7-3-1)25-9-13-33-29(20-25)30-21-26(10-14-34(30)41-33)27-11-15-35-31(22-27)32-23-28(12-16-36(32)42-35)39-18-4-8-37(39)40-19-5-17-38-40/h1-23H. The van der Waals surface area contributed by atoms with Crippen LogP contribution in [0.25, 0.3) is 77.6 Å². The molecule has 0 fully saturated rings. The Balaban J connectivity index is 1.17. The summed E-state index contributed by atoms with van der Waals surface area (Å²) < 4.78 is 16.5. The summed E-state index contributed by atoms with van der Waals surface area (Å²) in [6, 6.07) is 42.1. The summed E-state index contributed by atoms with van der Waals surface area (Å²) in [5.74, 6) is 0.976. The lowest BCUT2D eigenvalue weighted by Crippen LogP contribution is -2.03. The first-order valence-electron chi connectivity index (χ1n) is 13.9. The summed E-state index contributed by atoms with van der Waals surface area (Å²) in [6.07, 6.45) is 5.80. The van der Waals surface area contributed by atoms with Crippen molar-refractivity contribution in [3.63, 3.8) is 0 Å².